The van der Waals surface area contributed by atoms with E-state index in [0.717, 1.165) is 22.3 Å². The van der Waals surface area contributed by atoms with Crippen molar-refractivity contribution in [2.75, 3.05) is 0 Å². The van der Waals surface area contributed by atoms with Gasteiger partial charge in [-0.1, -0.05) is 6.07 Å². The third kappa shape index (κ3) is 1.65. The molecule has 2 heterocycles. The molecule has 0 radical (unpaired) electrons. The fourth-order valence-electron chi connectivity index (χ4n) is 1.10. The second-order valence-corrected chi connectivity index (χ2v) is 3.54. The van der Waals surface area contributed by atoms with E-state index in [9.17, 15) is 4.79 Å². The number of aromatic nitrogens is 1. The zero-order chi connectivity index (χ0) is 9.10. The van der Waals surface area contributed by atoms with E-state index < -0.39 is 0 Å². The normalized spacial score (nSPS) is 9.85. The first-order chi connectivity index (χ1) is 6.40. The SMILES string of the molecule is O=Cc1cc(-c2cccnc2)cs1. The van der Waals surface area contributed by atoms with Gasteiger partial charge in [-0.3, -0.25) is 9.78 Å². The minimum absolute atomic E-state index is 0.749. The lowest BCUT2D eigenvalue weighted by Gasteiger charge is -1.93. The van der Waals surface area contributed by atoms with Gasteiger partial charge >= 0.3 is 0 Å². The third-order valence-electron chi connectivity index (χ3n) is 1.73. The summed E-state index contributed by atoms with van der Waals surface area (Å²) in [7, 11) is 0. The summed E-state index contributed by atoms with van der Waals surface area (Å²) in [5.41, 5.74) is 2.10. The van der Waals surface area contributed by atoms with Crippen LogP contribution in [0.3, 0.4) is 0 Å². The predicted molar refractivity (Wildman–Crippen MR) is 52.9 cm³/mol. The second kappa shape index (κ2) is 3.49. The number of nitrogens with zero attached hydrogens (tertiary/aromatic N) is 1. The summed E-state index contributed by atoms with van der Waals surface area (Å²) in [6.07, 6.45) is 4.39. The Bertz CT molecular complexity index is 408. The molecule has 0 spiro atoms. The molecule has 0 atom stereocenters. The first-order valence-electron chi connectivity index (χ1n) is 3.84. The van der Waals surface area contributed by atoms with Gasteiger partial charge in [-0.15, -0.1) is 11.3 Å². The molecule has 2 aromatic heterocycles. The number of carbonyl (C=O) groups is 1. The Kier molecular flexibility index (Phi) is 2.19. The number of hydrogen-bond donors (Lipinski definition) is 0. The van der Waals surface area contributed by atoms with Crippen molar-refractivity contribution in [3.05, 3.63) is 40.8 Å². The first-order valence-corrected chi connectivity index (χ1v) is 4.72. The van der Waals surface area contributed by atoms with Gasteiger partial charge in [0.15, 0.2) is 6.29 Å². The van der Waals surface area contributed by atoms with Crippen LogP contribution < -0.4 is 0 Å². The highest BCUT2D eigenvalue weighted by atomic mass is 32.1. The standard InChI is InChI=1S/C10H7NOS/c12-6-10-4-9(7-13-10)8-2-1-3-11-5-8/h1-7H. The van der Waals surface area contributed by atoms with Crippen molar-refractivity contribution >= 4 is 17.6 Å². The lowest BCUT2D eigenvalue weighted by molar-refractivity contribution is 0.112. The van der Waals surface area contributed by atoms with Gasteiger partial charge in [0, 0.05) is 18.0 Å². The van der Waals surface area contributed by atoms with Crippen LogP contribution in [-0.4, -0.2) is 11.3 Å². The van der Waals surface area contributed by atoms with Crippen molar-refractivity contribution in [2.45, 2.75) is 0 Å². The summed E-state index contributed by atoms with van der Waals surface area (Å²) >= 11 is 1.45. The molecule has 0 aromatic carbocycles. The smallest absolute Gasteiger partial charge is 0.160 e. The van der Waals surface area contributed by atoms with Gasteiger partial charge in [0.2, 0.25) is 0 Å². The minimum Gasteiger partial charge on any atom is -0.297 e. The van der Waals surface area contributed by atoms with Crippen LogP contribution in [0.2, 0.25) is 0 Å². The fourth-order valence-corrected chi connectivity index (χ4v) is 1.82. The molecular weight excluding hydrogens is 182 g/mol. The van der Waals surface area contributed by atoms with Crippen LogP contribution in [0.4, 0.5) is 0 Å². The molecule has 2 rings (SSSR count). The van der Waals surface area contributed by atoms with Gasteiger partial charge in [0.25, 0.3) is 0 Å². The van der Waals surface area contributed by atoms with E-state index in [4.69, 9.17) is 0 Å². The number of rotatable bonds is 2. The molecule has 0 N–H and O–H groups in total. The van der Waals surface area contributed by atoms with Crippen LogP contribution in [0.1, 0.15) is 9.67 Å². The van der Waals surface area contributed by atoms with Crippen molar-refractivity contribution in [2.24, 2.45) is 0 Å². The maximum atomic E-state index is 10.4. The molecule has 0 aliphatic heterocycles. The number of carbonyl (C=O) groups excluding carboxylic acids is 1. The Labute approximate surface area is 79.9 Å². The Morgan fingerprint density at radius 3 is 2.92 bits per heavy atom. The predicted octanol–water partition coefficient (Wildman–Crippen LogP) is 2.62. The van der Waals surface area contributed by atoms with Crippen LogP contribution in [0.25, 0.3) is 11.1 Å². The maximum absolute atomic E-state index is 10.4. The molecule has 64 valence electrons. The third-order valence-corrected chi connectivity index (χ3v) is 2.59. The van der Waals surface area contributed by atoms with E-state index in [-0.39, 0.29) is 0 Å². The lowest BCUT2D eigenvalue weighted by atomic mass is 10.1. The van der Waals surface area contributed by atoms with Gasteiger partial charge in [0.1, 0.15) is 0 Å². The molecular formula is C10H7NOS. The van der Waals surface area contributed by atoms with Crippen LogP contribution in [0.5, 0.6) is 0 Å². The summed E-state index contributed by atoms with van der Waals surface area (Å²) in [6, 6.07) is 5.73. The molecule has 2 aromatic rings. The van der Waals surface area contributed by atoms with Gasteiger partial charge in [0.05, 0.1) is 4.88 Å². The zero-order valence-corrected chi connectivity index (χ0v) is 7.62. The molecule has 2 nitrogen and oxygen atoms in total. The summed E-state index contributed by atoms with van der Waals surface area (Å²) in [4.78, 5) is 15.2. The highest BCUT2D eigenvalue weighted by Crippen LogP contribution is 2.23. The largest absolute Gasteiger partial charge is 0.297 e. The van der Waals surface area contributed by atoms with Gasteiger partial charge in [-0.05, 0) is 23.1 Å². The topological polar surface area (TPSA) is 30.0 Å². The van der Waals surface area contributed by atoms with E-state index in [1.807, 2.05) is 23.6 Å². The van der Waals surface area contributed by atoms with Crippen molar-refractivity contribution in [3.63, 3.8) is 0 Å². The molecule has 0 amide bonds. The summed E-state index contributed by atoms with van der Waals surface area (Å²) in [6.45, 7) is 0. The number of hydrogen-bond acceptors (Lipinski definition) is 3. The molecule has 13 heavy (non-hydrogen) atoms. The Morgan fingerprint density at radius 1 is 1.38 bits per heavy atom. The Balaban J connectivity index is 2.41. The molecule has 0 aliphatic carbocycles. The van der Waals surface area contributed by atoms with Crippen LogP contribution in [0, 0.1) is 0 Å². The van der Waals surface area contributed by atoms with Crippen LogP contribution in [-0.2, 0) is 0 Å². The second-order valence-electron chi connectivity index (χ2n) is 2.60. The molecule has 0 saturated carbocycles. The quantitative estimate of drug-likeness (QED) is 0.680. The van der Waals surface area contributed by atoms with E-state index in [1.165, 1.54) is 11.3 Å². The fraction of sp³-hybridized carbons (Fsp3) is 0. The van der Waals surface area contributed by atoms with E-state index in [2.05, 4.69) is 4.98 Å². The van der Waals surface area contributed by atoms with Gasteiger partial charge < -0.3 is 0 Å². The van der Waals surface area contributed by atoms with Crippen molar-refractivity contribution in [3.8, 4) is 11.1 Å². The zero-order valence-electron chi connectivity index (χ0n) is 6.81. The maximum Gasteiger partial charge on any atom is 0.160 e. The molecule has 0 aliphatic rings. The molecule has 0 bridgehead atoms. The van der Waals surface area contributed by atoms with Crippen LogP contribution in [0.15, 0.2) is 36.0 Å². The number of pyridine rings is 1. The van der Waals surface area contributed by atoms with E-state index in [0.29, 0.717) is 0 Å². The first kappa shape index (κ1) is 8.13. The molecule has 3 heteroatoms. The van der Waals surface area contributed by atoms with Gasteiger partial charge in [-0.2, -0.15) is 0 Å². The monoisotopic (exact) mass is 189 g/mol. The highest BCUT2D eigenvalue weighted by Gasteiger charge is 2.00. The van der Waals surface area contributed by atoms with Crippen LogP contribution >= 0.6 is 11.3 Å². The molecule has 0 unspecified atom stereocenters. The average Bonchev–Trinajstić information content (AvgIpc) is 2.67. The molecule has 0 fully saturated rings. The average molecular weight is 189 g/mol. The summed E-state index contributed by atoms with van der Waals surface area (Å²) < 4.78 is 0. The number of aldehydes is 1. The van der Waals surface area contributed by atoms with Gasteiger partial charge in [-0.25, -0.2) is 0 Å². The lowest BCUT2D eigenvalue weighted by Crippen LogP contribution is -1.74. The van der Waals surface area contributed by atoms with Crippen molar-refractivity contribution in [1.82, 2.24) is 4.98 Å². The Morgan fingerprint density at radius 2 is 2.31 bits per heavy atom. The van der Waals surface area contributed by atoms with Crippen molar-refractivity contribution in [1.29, 1.82) is 0 Å². The van der Waals surface area contributed by atoms with Crippen molar-refractivity contribution < 1.29 is 4.79 Å². The Hall–Kier alpha value is -1.48. The minimum atomic E-state index is 0.749. The van der Waals surface area contributed by atoms with E-state index in [1.54, 1.807) is 12.4 Å². The summed E-state index contributed by atoms with van der Waals surface area (Å²) in [5.74, 6) is 0. The summed E-state index contributed by atoms with van der Waals surface area (Å²) in [5, 5.41) is 1.96. The van der Waals surface area contributed by atoms with E-state index >= 15 is 0 Å². The molecule has 0 saturated heterocycles. The highest BCUT2D eigenvalue weighted by molar-refractivity contribution is 7.12. The number of thiophene rings is 1.